The Morgan fingerprint density at radius 1 is 1.29 bits per heavy atom. The molecule has 1 unspecified atom stereocenters. The Morgan fingerprint density at radius 2 is 2.24 bits per heavy atom. The van der Waals surface area contributed by atoms with E-state index >= 15 is 0 Å². The average Bonchev–Trinajstić information content (AvgIpc) is 2.97. The fourth-order valence-electron chi connectivity index (χ4n) is 1.66. The van der Waals surface area contributed by atoms with Crippen LogP contribution in [0.3, 0.4) is 0 Å². The molecule has 3 aromatic heterocycles. The van der Waals surface area contributed by atoms with Crippen LogP contribution in [0.5, 0.6) is 0 Å². The van der Waals surface area contributed by atoms with E-state index in [2.05, 4.69) is 4.98 Å². The lowest BCUT2D eigenvalue weighted by atomic mass is 10.5. The molecule has 0 aliphatic carbocycles. The van der Waals surface area contributed by atoms with Gasteiger partial charge < -0.3 is 4.40 Å². The smallest absolute Gasteiger partial charge is 0.137 e. The van der Waals surface area contributed by atoms with Gasteiger partial charge in [0, 0.05) is 12.4 Å². The van der Waals surface area contributed by atoms with E-state index in [0.717, 1.165) is 15.6 Å². The first-order chi connectivity index (χ1) is 8.33. The number of rotatable bonds is 3. The van der Waals surface area contributed by atoms with Gasteiger partial charge in [-0.3, -0.25) is 4.21 Å². The second-order valence-corrected chi connectivity index (χ2v) is 6.25. The number of aromatic nitrogens is 2. The maximum absolute atomic E-state index is 12.0. The molecule has 0 amide bonds. The fraction of sp³-hybridized carbons (Fsp3) is 0.0833. The van der Waals surface area contributed by atoms with Crippen molar-refractivity contribution in [2.45, 2.75) is 9.96 Å². The van der Waals surface area contributed by atoms with Crippen molar-refractivity contribution in [3.8, 4) is 0 Å². The van der Waals surface area contributed by atoms with E-state index in [1.165, 1.54) is 11.3 Å². The van der Waals surface area contributed by atoms with Crippen molar-refractivity contribution in [1.82, 2.24) is 9.38 Å². The van der Waals surface area contributed by atoms with Crippen LogP contribution in [-0.4, -0.2) is 13.6 Å². The van der Waals surface area contributed by atoms with Gasteiger partial charge >= 0.3 is 0 Å². The van der Waals surface area contributed by atoms with Crippen LogP contribution >= 0.6 is 11.3 Å². The monoisotopic (exact) mass is 262 g/mol. The first-order valence-corrected chi connectivity index (χ1v) is 7.37. The Labute approximate surface area is 105 Å². The third-order valence-corrected chi connectivity index (χ3v) is 5.06. The molecule has 0 spiro atoms. The Bertz CT molecular complexity index is 625. The van der Waals surface area contributed by atoms with Gasteiger partial charge in [-0.1, -0.05) is 12.1 Å². The number of hydrogen-bond donors (Lipinski definition) is 0. The Hall–Kier alpha value is -1.46. The maximum atomic E-state index is 12.0. The largest absolute Gasteiger partial charge is 0.307 e. The van der Waals surface area contributed by atoms with Crippen molar-refractivity contribution in [2.75, 3.05) is 0 Å². The predicted octanol–water partition coefficient (Wildman–Crippen LogP) is 2.70. The standard InChI is InChI=1S/C12H10N2OS2/c15-17(12-5-3-7-16-12)9-10-8-14-6-2-1-4-11(14)13-10/h1-8H,9H2. The Kier molecular flexibility index (Phi) is 2.78. The lowest BCUT2D eigenvalue weighted by Crippen LogP contribution is -1.94. The van der Waals surface area contributed by atoms with Gasteiger partial charge in [-0.2, -0.15) is 0 Å². The van der Waals surface area contributed by atoms with Crippen LogP contribution in [0.15, 0.2) is 52.3 Å². The van der Waals surface area contributed by atoms with Crippen molar-refractivity contribution in [3.05, 3.63) is 53.8 Å². The second kappa shape index (κ2) is 4.43. The van der Waals surface area contributed by atoms with E-state index in [1.807, 2.05) is 52.5 Å². The quantitative estimate of drug-likeness (QED) is 0.727. The molecule has 0 radical (unpaired) electrons. The van der Waals surface area contributed by atoms with Gasteiger partial charge in [0.1, 0.15) is 5.65 Å². The molecule has 5 heteroatoms. The van der Waals surface area contributed by atoms with Crippen LogP contribution in [-0.2, 0) is 16.6 Å². The second-order valence-electron chi connectivity index (χ2n) is 3.62. The van der Waals surface area contributed by atoms with Crippen LogP contribution < -0.4 is 0 Å². The fourth-order valence-corrected chi connectivity index (χ4v) is 3.66. The molecule has 17 heavy (non-hydrogen) atoms. The van der Waals surface area contributed by atoms with Gasteiger partial charge in [-0.25, -0.2) is 4.98 Å². The lowest BCUT2D eigenvalue weighted by molar-refractivity contribution is 0.683. The van der Waals surface area contributed by atoms with Crippen molar-refractivity contribution in [2.24, 2.45) is 0 Å². The van der Waals surface area contributed by atoms with Gasteiger partial charge in [0.05, 0.1) is 26.5 Å². The van der Waals surface area contributed by atoms with Gasteiger partial charge in [-0.15, -0.1) is 11.3 Å². The third kappa shape index (κ3) is 2.16. The maximum Gasteiger partial charge on any atom is 0.137 e. The summed E-state index contributed by atoms with van der Waals surface area (Å²) in [5.41, 5.74) is 1.76. The van der Waals surface area contributed by atoms with Crippen molar-refractivity contribution >= 4 is 27.8 Å². The minimum atomic E-state index is -0.987. The van der Waals surface area contributed by atoms with Crippen LogP contribution in [0, 0.1) is 0 Å². The number of fused-ring (bicyclic) bond motifs is 1. The molecular formula is C12H10N2OS2. The van der Waals surface area contributed by atoms with Gasteiger partial charge in [0.25, 0.3) is 0 Å². The van der Waals surface area contributed by atoms with E-state index in [4.69, 9.17) is 0 Å². The minimum Gasteiger partial charge on any atom is -0.307 e. The molecule has 0 aliphatic rings. The molecule has 0 aliphatic heterocycles. The zero-order chi connectivity index (χ0) is 11.7. The molecule has 3 nitrogen and oxygen atoms in total. The minimum absolute atomic E-state index is 0.474. The predicted molar refractivity (Wildman–Crippen MR) is 69.6 cm³/mol. The van der Waals surface area contributed by atoms with Crippen LogP contribution in [0.25, 0.3) is 5.65 Å². The highest BCUT2D eigenvalue weighted by Gasteiger charge is 2.08. The Balaban J connectivity index is 1.88. The van der Waals surface area contributed by atoms with E-state index in [-0.39, 0.29) is 0 Å². The number of imidazole rings is 1. The zero-order valence-electron chi connectivity index (χ0n) is 8.95. The highest BCUT2D eigenvalue weighted by atomic mass is 32.2. The summed E-state index contributed by atoms with van der Waals surface area (Å²) in [5, 5.41) is 1.94. The highest BCUT2D eigenvalue weighted by Crippen LogP contribution is 2.17. The van der Waals surface area contributed by atoms with Gasteiger partial charge in [-0.05, 0) is 23.6 Å². The molecule has 0 aromatic carbocycles. The summed E-state index contributed by atoms with van der Waals surface area (Å²) in [6.07, 6.45) is 3.88. The highest BCUT2D eigenvalue weighted by molar-refractivity contribution is 7.86. The molecule has 0 N–H and O–H groups in total. The van der Waals surface area contributed by atoms with E-state index in [1.54, 1.807) is 0 Å². The summed E-state index contributed by atoms with van der Waals surface area (Å²) < 4.78 is 14.9. The molecule has 86 valence electrons. The van der Waals surface area contributed by atoms with Crippen LogP contribution in [0.4, 0.5) is 0 Å². The molecule has 3 aromatic rings. The molecule has 0 fully saturated rings. The molecule has 3 rings (SSSR count). The topological polar surface area (TPSA) is 34.4 Å². The number of hydrogen-bond acceptors (Lipinski definition) is 3. The number of pyridine rings is 1. The summed E-state index contributed by atoms with van der Waals surface area (Å²) in [6.45, 7) is 0. The molecule has 0 saturated carbocycles. The molecule has 0 bridgehead atoms. The normalized spacial score (nSPS) is 12.9. The van der Waals surface area contributed by atoms with Crippen molar-refractivity contribution in [1.29, 1.82) is 0 Å². The average molecular weight is 262 g/mol. The lowest BCUT2D eigenvalue weighted by Gasteiger charge is -1.94. The summed E-state index contributed by atoms with van der Waals surface area (Å²) in [7, 11) is -0.987. The number of thiophene rings is 1. The van der Waals surface area contributed by atoms with E-state index in [9.17, 15) is 4.21 Å². The first kappa shape index (κ1) is 10.7. The van der Waals surface area contributed by atoms with Crippen molar-refractivity contribution < 1.29 is 4.21 Å². The summed E-state index contributed by atoms with van der Waals surface area (Å²) in [6, 6.07) is 9.66. The summed E-state index contributed by atoms with van der Waals surface area (Å²) in [5.74, 6) is 0.474. The molecule has 3 heterocycles. The van der Waals surface area contributed by atoms with E-state index < -0.39 is 10.8 Å². The molecular weight excluding hydrogens is 252 g/mol. The molecule has 1 atom stereocenters. The zero-order valence-corrected chi connectivity index (χ0v) is 10.6. The van der Waals surface area contributed by atoms with Gasteiger partial charge in [0.15, 0.2) is 0 Å². The first-order valence-electron chi connectivity index (χ1n) is 5.17. The summed E-state index contributed by atoms with van der Waals surface area (Å²) >= 11 is 1.52. The summed E-state index contributed by atoms with van der Waals surface area (Å²) in [4.78, 5) is 4.44. The number of nitrogens with zero attached hydrogens (tertiary/aromatic N) is 2. The van der Waals surface area contributed by atoms with Gasteiger partial charge in [0.2, 0.25) is 0 Å². The van der Waals surface area contributed by atoms with E-state index in [0.29, 0.717) is 5.75 Å². The molecule has 0 saturated heterocycles. The van der Waals surface area contributed by atoms with Crippen molar-refractivity contribution in [3.63, 3.8) is 0 Å². The Morgan fingerprint density at radius 3 is 3.00 bits per heavy atom. The SMILES string of the molecule is O=S(Cc1cn2ccccc2n1)c1cccs1. The van der Waals surface area contributed by atoms with Crippen LogP contribution in [0.2, 0.25) is 0 Å². The van der Waals surface area contributed by atoms with Crippen LogP contribution in [0.1, 0.15) is 5.69 Å². The third-order valence-electron chi connectivity index (χ3n) is 2.41.